The van der Waals surface area contributed by atoms with Crippen LogP contribution in [-0.2, 0) is 14.8 Å². The number of amides is 1. The summed E-state index contributed by atoms with van der Waals surface area (Å²) < 4.78 is 28.8. The fourth-order valence-electron chi connectivity index (χ4n) is 2.30. The second-order valence-corrected chi connectivity index (χ2v) is 6.76. The minimum atomic E-state index is -3.71. The average Bonchev–Trinajstić information content (AvgIpc) is 3.10. The van der Waals surface area contributed by atoms with Gasteiger partial charge in [0.25, 0.3) is 0 Å². The molecular weight excluding hydrogens is 308 g/mol. The summed E-state index contributed by atoms with van der Waals surface area (Å²) in [6.45, 7) is 0.366. The topological polar surface area (TPSA) is 110 Å². The molecule has 9 nitrogen and oxygen atoms in total. The van der Waals surface area contributed by atoms with Crippen molar-refractivity contribution in [3.05, 3.63) is 30.6 Å². The van der Waals surface area contributed by atoms with Crippen LogP contribution in [-0.4, -0.2) is 59.1 Å². The van der Waals surface area contributed by atoms with E-state index in [1.54, 1.807) is 19.2 Å². The van der Waals surface area contributed by atoms with Crippen LogP contribution in [0.2, 0.25) is 0 Å². The quantitative estimate of drug-likeness (QED) is 0.787. The summed E-state index contributed by atoms with van der Waals surface area (Å²) in [5, 5.41) is 10.8. The second kappa shape index (κ2) is 5.46. The van der Waals surface area contributed by atoms with E-state index in [1.807, 2.05) is 0 Å². The number of rotatable bonds is 4. The van der Waals surface area contributed by atoms with E-state index in [4.69, 9.17) is 0 Å². The number of nitrogens with zero attached hydrogens (tertiary/aromatic N) is 5. The Labute approximate surface area is 127 Å². The van der Waals surface area contributed by atoms with Crippen LogP contribution in [0.25, 0.3) is 5.69 Å². The summed E-state index contributed by atoms with van der Waals surface area (Å²) in [4.78, 5) is 13.1. The number of aromatic nitrogens is 4. The van der Waals surface area contributed by atoms with Gasteiger partial charge in [0.15, 0.2) is 0 Å². The third-order valence-electron chi connectivity index (χ3n) is 3.40. The standard InChI is InChI=1S/C12H14N6O3S/c1-17-7-9(5-12(17)19)14-22(20,21)11-4-2-3-10(6-11)18-8-13-15-16-18/h2-4,6,8-9,14H,5,7H2,1H3/t9-/m1/s1. The second-order valence-electron chi connectivity index (χ2n) is 5.05. The van der Waals surface area contributed by atoms with Gasteiger partial charge in [-0.2, -0.15) is 0 Å². The van der Waals surface area contributed by atoms with E-state index in [2.05, 4.69) is 20.2 Å². The van der Waals surface area contributed by atoms with Crippen molar-refractivity contribution in [3.8, 4) is 5.69 Å². The molecule has 10 heteroatoms. The fraction of sp³-hybridized carbons (Fsp3) is 0.333. The molecule has 1 aliphatic rings. The zero-order valence-corrected chi connectivity index (χ0v) is 12.6. The Kier molecular flexibility index (Phi) is 3.62. The number of likely N-dealkylation sites (tertiary alicyclic amines) is 1. The van der Waals surface area contributed by atoms with Gasteiger partial charge in [0.2, 0.25) is 15.9 Å². The van der Waals surface area contributed by atoms with E-state index >= 15 is 0 Å². The zero-order valence-electron chi connectivity index (χ0n) is 11.7. The van der Waals surface area contributed by atoms with Gasteiger partial charge in [-0.1, -0.05) is 6.07 Å². The maximum atomic E-state index is 12.4. The Balaban J connectivity index is 1.84. The van der Waals surface area contributed by atoms with E-state index < -0.39 is 16.1 Å². The van der Waals surface area contributed by atoms with Gasteiger partial charge in [-0.05, 0) is 28.6 Å². The fourth-order valence-corrected chi connectivity index (χ4v) is 3.57. The number of benzene rings is 1. The predicted octanol–water partition coefficient (Wildman–Crippen LogP) is -0.829. The van der Waals surface area contributed by atoms with E-state index in [-0.39, 0.29) is 17.2 Å². The van der Waals surface area contributed by atoms with Crippen molar-refractivity contribution < 1.29 is 13.2 Å². The highest BCUT2D eigenvalue weighted by Crippen LogP contribution is 2.16. The molecule has 22 heavy (non-hydrogen) atoms. The number of nitrogens with one attached hydrogen (secondary N) is 1. The van der Waals surface area contributed by atoms with Crippen LogP contribution >= 0.6 is 0 Å². The molecule has 1 N–H and O–H groups in total. The minimum Gasteiger partial charge on any atom is -0.344 e. The molecule has 0 spiro atoms. The number of carbonyl (C=O) groups is 1. The van der Waals surface area contributed by atoms with Gasteiger partial charge in [0, 0.05) is 26.1 Å². The lowest BCUT2D eigenvalue weighted by molar-refractivity contribution is -0.126. The highest BCUT2D eigenvalue weighted by atomic mass is 32.2. The zero-order chi connectivity index (χ0) is 15.7. The monoisotopic (exact) mass is 322 g/mol. The van der Waals surface area contributed by atoms with Crippen LogP contribution in [0, 0.1) is 0 Å². The van der Waals surface area contributed by atoms with Gasteiger partial charge in [0.1, 0.15) is 6.33 Å². The molecule has 0 radical (unpaired) electrons. The molecule has 0 bridgehead atoms. The van der Waals surface area contributed by atoms with Crippen LogP contribution in [0.4, 0.5) is 0 Å². The smallest absolute Gasteiger partial charge is 0.240 e. The van der Waals surface area contributed by atoms with Crippen molar-refractivity contribution in [3.63, 3.8) is 0 Å². The Hall–Kier alpha value is -2.33. The SMILES string of the molecule is CN1C[C@H](NS(=O)(=O)c2cccc(-n3cnnn3)c2)CC1=O. The highest BCUT2D eigenvalue weighted by molar-refractivity contribution is 7.89. The van der Waals surface area contributed by atoms with Gasteiger partial charge >= 0.3 is 0 Å². The molecule has 2 heterocycles. The molecule has 1 aromatic heterocycles. The Morgan fingerprint density at radius 3 is 2.82 bits per heavy atom. The van der Waals surface area contributed by atoms with Crippen LogP contribution < -0.4 is 4.72 Å². The van der Waals surface area contributed by atoms with Crippen molar-refractivity contribution in [2.45, 2.75) is 17.4 Å². The minimum absolute atomic E-state index is 0.0739. The van der Waals surface area contributed by atoms with E-state index in [0.717, 1.165) is 0 Å². The molecule has 3 rings (SSSR count). The van der Waals surface area contributed by atoms with Crippen molar-refractivity contribution in [2.75, 3.05) is 13.6 Å². The third-order valence-corrected chi connectivity index (χ3v) is 4.92. The van der Waals surface area contributed by atoms with Crippen LogP contribution in [0.15, 0.2) is 35.5 Å². The number of likely N-dealkylation sites (N-methyl/N-ethyl adjacent to an activating group) is 1. The van der Waals surface area contributed by atoms with Crippen LogP contribution in [0.5, 0.6) is 0 Å². The molecule has 1 atom stereocenters. The molecule has 1 fully saturated rings. The number of tetrazole rings is 1. The first-order valence-corrected chi connectivity index (χ1v) is 8.04. The van der Waals surface area contributed by atoms with E-state index in [1.165, 1.54) is 28.0 Å². The lowest BCUT2D eigenvalue weighted by Crippen LogP contribution is -2.36. The first-order chi connectivity index (χ1) is 10.5. The molecular formula is C12H14N6O3S. The van der Waals surface area contributed by atoms with Crippen LogP contribution in [0.3, 0.4) is 0 Å². The van der Waals surface area contributed by atoms with Crippen LogP contribution in [0.1, 0.15) is 6.42 Å². The lowest BCUT2D eigenvalue weighted by Gasteiger charge is -2.13. The Morgan fingerprint density at radius 1 is 1.36 bits per heavy atom. The first-order valence-electron chi connectivity index (χ1n) is 6.55. The van der Waals surface area contributed by atoms with Gasteiger partial charge in [0.05, 0.1) is 10.6 Å². The maximum absolute atomic E-state index is 12.4. The summed E-state index contributed by atoms with van der Waals surface area (Å²) in [5.74, 6) is -0.0739. The molecule has 1 aliphatic heterocycles. The van der Waals surface area contributed by atoms with Gasteiger partial charge in [-0.3, -0.25) is 4.79 Å². The van der Waals surface area contributed by atoms with Crippen molar-refractivity contribution in [1.82, 2.24) is 29.8 Å². The number of hydrogen-bond acceptors (Lipinski definition) is 6. The Morgan fingerprint density at radius 2 is 2.18 bits per heavy atom. The molecule has 0 aliphatic carbocycles. The predicted molar refractivity (Wildman–Crippen MR) is 75.5 cm³/mol. The molecule has 1 amide bonds. The summed E-state index contributed by atoms with van der Waals surface area (Å²) in [6, 6.07) is 5.84. The van der Waals surface area contributed by atoms with E-state index in [9.17, 15) is 13.2 Å². The lowest BCUT2D eigenvalue weighted by atomic mass is 10.3. The molecule has 2 aromatic rings. The Bertz CT molecular complexity index is 789. The third kappa shape index (κ3) is 2.83. The molecule has 0 saturated carbocycles. The summed E-state index contributed by atoms with van der Waals surface area (Å²) in [5.41, 5.74) is 0.535. The molecule has 116 valence electrons. The van der Waals surface area contributed by atoms with Crippen molar-refractivity contribution in [1.29, 1.82) is 0 Å². The van der Waals surface area contributed by atoms with Gasteiger partial charge < -0.3 is 4.90 Å². The van der Waals surface area contributed by atoms with E-state index in [0.29, 0.717) is 12.2 Å². The normalized spacial score (nSPS) is 18.9. The van der Waals surface area contributed by atoms with Gasteiger partial charge in [-0.25, -0.2) is 17.8 Å². The number of carbonyl (C=O) groups excluding carboxylic acids is 1. The summed E-state index contributed by atoms with van der Waals surface area (Å²) in [7, 11) is -2.07. The summed E-state index contributed by atoms with van der Waals surface area (Å²) in [6.07, 6.45) is 1.55. The number of sulfonamides is 1. The average molecular weight is 322 g/mol. The number of hydrogen-bond donors (Lipinski definition) is 1. The van der Waals surface area contributed by atoms with Crippen molar-refractivity contribution in [2.24, 2.45) is 0 Å². The molecule has 0 unspecified atom stereocenters. The molecule has 1 saturated heterocycles. The van der Waals surface area contributed by atoms with Gasteiger partial charge in [-0.15, -0.1) is 5.10 Å². The highest BCUT2D eigenvalue weighted by Gasteiger charge is 2.30. The summed E-state index contributed by atoms with van der Waals surface area (Å²) >= 11 is 0. The largest absolute Gasteiger partial charge is 0.344 e. The van der Waals surface area contributed by atoms with Crippen molar-refractivity contribution >= 4 is 15.9 Å². The maximum Gasteiger partial charge on any atom is 0.240 e. The first kappa shape index (κ1) is 14.6. The molecule has 1 aromatic carbocycles.